The Morgan fingerprint density at radius 2 is 1.83 bits per heavy atom. The Morgan fingerprint density at radius 1 is 1.07 bits per heavy atom. The Balaban J connectivity index is 1.39. The van der Waals surface area contributed by atoms with E-state index in [-0.39, 0.29) is 0 Å². The number of fused-ring (bicyclic) bond motifs is 1. The fourth-order valence-electron chi connectivity index (χ4n) is 4.30. The van der Waals surface area contributed by atoms with Gasteiger partial charge < -0.3 is 9.30 Å². The topological polar surface area (TPSA) is 57.8 Å². The van der Waals surface area contributed by atoms with Crippen molar-refractivity contribution in [1.82, 2.24) is 24.3 Å². The lowest BCUT2D eigenvalue weighted by molar-refractivity contribution is 0.414. The Morgan fingerprint density at radius 3 is 2.53 bits per heavy atom. The third kappa shape index (κ3) is 3.07. The lowest BCUT2D eigenvalue weighted by Crippen LogP contribution is -2.01. The molecule has 0 radical (unpaired) electrons. The minimum Gasteiger partial charge on any atom is -0.497 e. The molecule has 152 valence electrons. The van der Waals surface area contributed by atoms with Crippen LogP contribution in [-0.4, -0.2) is 31.4 Å². The first-order valence-corrected chi connectivity index (χ1v) is 10.7. The summed E-state index contributed by atoms with van der Waals surface area (Å²) >= 11 is 0. The summed E-state index contributed by atoms with van der Waals surface area (Å²) in [6, 6.07) is 10.4. The Kier molecular flexibility index (Phi) is 3.94. The van der Waals surface area contributed by atoms with Gasteiger partial charge in [-0.3, -0.25) is 4.68 Å². The predicted molar refractivity (Wildman–Crippen MR) is 116 cm³/mol. The third-order valence-electron chi connectivity index (χ3n) is 6.30. The molecule has 3 aromatic heterocycles. The number of nitrogens with zero attached hydrogens (tertiary/aromatic N) is 5. The van der Waals surface area contributed by atoms with E-state index in [0.717, 1.165) is 28.3 Å². The van der Waals surface area contributed by atoms with Crippen molar-refractivity contribution >= 4 is 11.0 Å². The van der Waals surface area contributed by atoms with Crippen LogP contribution in [0.2, 0.25) is 0 Å². The highest BCUT2D eigenvalue weighted by Gasteiger charge is 2.32. The van der Waals surface area contributed by atoms with Gasteiger partial charge in [-0.1, -0.05) is 12.1 Å². The van der Waals surface area contributed by atoms with Gasteiger partial charge in [-0.2, -0.15) is 5.10 Å². The van der Waals surface area contributed by atoms with Crippen LogP contribution in [0.15, 0.2) is 42.7 Å². The summed E-state index contributed by atoms with van der Waals surface area (Å²) in [4.78, 5) is 9.81. The Labute approximate surface area is 175 Å². The molecule has 3 heterocycles. The molecule has 2 aliphatic rings. The van der Waals surface area contributed by atoms with Crippen LogP contribution in [0.3, 0.4) is 0 Å². The van der Waals surface area contributed by atoms with Gasteiger partial charge >= 0.3 is 0 Å². The molecule has 2 saturated carbocycles. The molecule has 0 N–H and O–H groups in total. The first-order chi connectivity index (χ1) is 14.7. The molecular formula is C24H25N5O. The van der Waals surface area contributed by atoms with Gasteiger partial charge in [-0.25, -0.2) is 9.97 Å². The number of imidazole rings is 1. The van der Waals surface area contributed by atoms with Crippen LogP contribution in [0.1, 0.15) is 54.5 Å². The van der Waals surface area contributed by atoms with E-state index >= 15 is 0 Å². The molecule has 0 bridgehead atoms. The van der Waals surface area contributed by atoms with E-state index in [1.165, 1.54) is 42.5 Å². The SMILES string of the molecule is COc1ccc(Cn2cc3cc(-c4ncc(C5CC5)n4C)c(C4CC4)nc3n2)cc1. The molecule has 6 heteroatoms. The average Bonchev–Trinajstić information content (AvgIpc) is 3.69. The third-order valence-corrected chi connectivity index (χ3v) is 6.30. The molecule has 0 amide bonds. The van der Waals surface area contributed by atoms with Crippen LogP contribution in [0.4, 0.5) is 0 Å². The van der Waals surface area contributed by atoms with Crippen molar-refractivity contribution in [3.63, 3.8) is 0 Å². The summed E-state index contributed by atoms with van der Waals surface area (Å²) in [7, 11) is 3.83. The van der Waals surface area contributed by atoms with E-state index in [1.54, 1.807) is 7.11 Å². The number of ether oxygens (including phenoxy) is 1. The Bertz CT molecular complexity index is 1230. The molecular weight excluding hydrogens is 374 g/mol. The maximum atomic E-state index is 5.25. The maximum absolute atomic E-state index is 5.25. The van der Waals surface area contributed by atoms with E-state index in [4.69, 9.17) is 19.8 Å². The predicted octanol–water partition coefficient (Wildman–Crippen LogP) is 4.64. The van der Waals surface area contributed by atoms with Crippen LogP contribution < -0.4 is 4.74 Å². The smallest absolute Gasteiger partial charge is 0.181 e. The zero-order valence-electron chi connectivity index (χ0n) is 17.4. The molecule has 6 nitrogen and oxygen atoms in total. The number of pyridine rings is 1. The number of rotatable bonds is 6. The van der Waals surface area contributed by atoms with Crippen molar-refractivity contribution in [2.45, 2.75) is 44.1 Å². The fourth-order valence-corrected chi connectivity index (χ4v) is 4.30. The van der Waals surface area contributed by atoms with Crippen LogP contribution in [0, 0.1) is 0 Å². The van der Waals surface area contributed by atoms with Crippen LogP contribution in [0.5, 0.6) is 5.75 Å². The molecule has 0 atom stereocenters. The summed E-state index contributed by atoms with van der Waals surface area (Å²) in [6.45, 7) is 0.711. The van der Waals surface area contributed by atoms with Crippen LogP contribution >= 0.6 is 0 Å². The van der Waals surface area contributed by atoms with E-state index in [0.29, 0.717) is 18.4 Å². The fraction of sp³-hybridized carbons (Fsp3) is 0.375. The zero-order valence-corrected chi connectivity index (χ0v) is 17.4. The standard InChI is InChI=1S/C24H25N5O/c1-28-21(16-5-6-16)12-25-24(28)20-11-18-14-29(13-15-3-9-19(30-2)10-4-15)27-23(18)26-22(20)17-7-8-17/h3-4,9-12,14,16-17H,5-8,13H2,1-2H3. The minimum absolute atomic E-state index is 0.539. The molecule has 30 heavy (non-hydrogen) atoms. The first kappa shape index (κ1) is 17.7. The van der Waals surface area contributed by atoms with Gasteiger partial charge in [0, 0.05) is 47.9 Å². The quantitative estimate of drug-likeness (QED) is 0.474. The summed E-state index contributed by atoms with van der Waals surface area (Å²) in [5.74, 6) is 3.13. The highest BCUT2D eigenvalue weighted by Crippen LogP contribution is 2.45. The van der Waals surface area contributed by atoms with E-state index < -0.39 is 0 Å². The number of hydrogen-bond acceptors (Lipinski definition) is 4. The van der Waals surface area contributed by atoms with Gasteiger partial charge in [0.15, 0.2) is 5.65 Å². The normalized spacial score (nSPS) is 16.3. The van der Waals surface area contributed by atoms with E-state index in [2.05, 4.69) is 42.2 Å². The minimum atomic E-state index is 0.539. The molecule has 2 aliphatic carbocycles. The van der Waals surface area contributed by atoms with Gasteiger partial charge in [0.25, 0.3) is 0 Å². The number of aromatic nitrogens is 5. The lowest BCUT2D eigenvalue weighted by Gasteiger charge is -2.09. The molecule has 2 fully saturated rings. The van der Waals surface area contributed by atoms with Gasteiger partial charge in [0.05, 0.1) is 19.3 Å². The van der Waals surface area contributed by atoms with Crippen LogP contribution in [-0.2, 0) is 13.6 Å². The molecule has 0 spiro atoms. The molecule has 4 aromatic rings. The summed E-state index contributed by atoms with van der Waals surface area (Å²) in [5.41, 5.74) is 5.69. The largest absolute Gasteiger partial charge is 0.497 e. The number of benzene rings is 1. The van der Waals surface area contributed by atoms with Crippen molar-refractivity contribution in [1.29, 1.82) is 0 Å². The van der Waals surface area contributed by atoms with Crippen LogP contribution in [0.25, 0.3) is 22.4 Å². The number of methoxy groups -OCH3 is 1. The van der Waals surface area contributed by atoms with Crippen molar-refractivity contribution in [3.05, 3.63) is 59.7 Å². The molecule has 1 aromatic carbocycles. The molecule has 6 rings (SSSR count). The average molecular weight is 399 g/mol. The monoisotopic (exact) mass is 399 g/mol. The summed E-state index contributed by atoms with van der Waals surface area (Å²) in [6.07, 6.45) is 9.13. The van der Waals surface area contributed by atoms with Crippen molar-refractivity contribution in [2.24, 2.45) is 7.05 Å². The molecule has 0 unspecified atom stereocenters. The lowest BCUT2D eigenvalue weighted by atomic mass is 10.1. The first-order valence-electron chi connectivity index (χ1n) is 10.7. The van der Waals surface area contributed by atoms with Gasteiger partial charge in [0.2, 0.25) is 0 Å². The number of hydrogen-bond donors (Lipinski definition) is 0. The molecule has 0 saturated heterocycles. The van der Waals surface area contributed by atoms with Gasteiger partial charge in [0.1, 0.15) is 11.6 Å². The molecule has 0 aliphatic heterocycles. The Hall–Kier alpha value is -3.15. The van der Waals surface area contributed by atoms with Crippen molar-refractivity contribution in [2.75, 3.05) is 7.11 Å². The highest BCUT2D eigenvalue weighted by atomic mass is 16.5. The summed E-state index contributed by atoms with van der Waals surface area (Å²) in [5, 5.41) is 5.84. The highest BCUT2D eigenvalue weighted by molar-refractivity contribution is 5.81. The summed E-state index contributed by atoms with van der Waals surface area (Å²) < 4.78 is 9.51. The maximum Gasteiger partial charge on any atom is 0.181 e. The second-order valence-corrected chi connectivity index (χ2v) is 8.62. The zero-order chi connectivity index (χ0) is 20.2. The van der Waals surface area contributed by atoms with Crippen molar-refractivity contribution < 1.29 is 4.74 Å². The van der Waals surface area contributed by atoms with E-state index in [9.17, 15) is 0 Å². The van der Waals surface area contributed by atoms with E-state index in [1.807, 2.05) is 16.8 Å². The van der Waals surface area contributed by atoms with Gasteiger partial charge in [-0.05, 0) is 49.4 Å². The van der Waals surface area contributed by atoms with Crippen molar-refractivity contribution in [3.8, 4) is 17.1 Å². The second kappa shape index (κ2) is 6.69. The second-order valence-electron chi connectivity index (χ2n) is 8.62. The van der Waals surface area contributed by atoms with Gasteiger partial charge in [-0.15, -0.1) is 0 Å².